The average Bonchev–Trinajstić information content (AvgIpc) is 2.02. The number of hydrogen-bond acceptors (Lipinski definition) is 6. The lowest BCUT2D eigenvalue weighted by atomic mass is 10.7. The molecule has 0 aromatic rings. The molecule has 14 heavy (non-hydrogen) atoms. The third kappa shape index (κ3) is 6.16. The average molecular weight is 227 g/mol. The van der Waals surface area contributed by atoms with Crippen LogP contribution >= 0.6 is 0 Å². The minimum atomic E-state index is -4.19. The van der Waals surface area contributed by atoms with Crippen molar-refractivity contribution in [3.8, 4) is 0 Å². The molecule has 9 nitrogen and oxygen atoms in total. The molecule has 0 atom stereocenters. The summed E-state index contributed by atoms with van der Waals surface area (Å²) in [6.45, 7) is -0.651. The molecule has 0 spiro atoms. The van der Waals surface area contributed by atoms with Crippen LogP contribution in [-0.4, -0.2) is 34.1 Å². The highest BCUT2D eigenvalue weighted by atomic mass is 32.2. The zero-order chi connectivity index (χ0) is 11.2. The van der Waals surface area contributed by atoms with Crippen molar-refractivity contribution in [1.29, 1.82) is 0 Å². The quantitative estimate of drug-likeness (QED) is 0.447. The van der Waals surface area contributed by atoms with Crippen LogP contribution in [0.3, 0.4) is 0 Å². The van der Waals surface area contributed by atoms with E-state index in [4.69, 9.17) is 0 Å². The summed E-state index contributed by atoms with van der Waals surface area (Å²) in [5, 5.41) is 0. The number of nitrogens with one attached hydrogen (secondary N) is 2. The van der Waals surface area contributed by atoms with E-state index in [9.17, 15) is 18.0 Å². The Morgan fingerprint density at radius 3 is 2.43 bits per heavy atom. The van der Waals surface area contributed by atoms with Crippen LogP contribution in [-0.2, 0) is 24.6 Å². The largest absolute Gasteiger partial charge is 0.452 e. The molecule has 0 saturated heterocycles. The first-order chi connectivity index (χ1) is 6.37. The number of primary amides is 1. The number of carbonyl (C=O) groups is 2. The van der Waals surface area contributed by atoms with Crippen molar-refractivity contribution < 1.29 is 27.6 Å². The second-order valence-electron chi connectivity index (χ2n) is 1.94. The van der Waals surface area contributed by atoms with E-state index in [0.29, 0.717) is 0 Å². The van der Waals surface area contributed by atoms with Gasteiger partial charge in [0.05, 0.1) is 7.11 Å². The summed E-state index contributed by atoms with van der Waals surface area (Å²) >= 11 is 0. The van der Waals surface area contributed by atoms with Gasteiger partial charge in [-0.25, -0.2) is 9.52 Å². The highest BCUT2D eigenvalue weighted by molar-refractivity contribution is 7.87. The Kier molecular flexibility index (Phi) is 4.83. The summed E-state index contributed by atoms with van der Waals surface area (Å²) in [6.07, 6.45) is -1.19. The van der Waals surface area contributed by atoms with Gasteiger partial charge >= 0.3 is 16.3 Å². The lowest BCUT2D eigenvalue weighted by Crippen LogP contribution is -2.41. The van der Waals surface area contributed by atoms with Gasteiger partial charge in [-0.1, -0.05) is 4.89 Å². The van der Waals surface area contributed by atoms with Gasteiger partial charge in [0.15, 0.2) is 0 Å². The SMILES string of the molecule is COC(=O)NS(=O)(=O)NOCC(N)=O. The molecular formula is C4H9N3O6S. The lowest BCUT2D eigenvalue weighted by Gasteiger charge is -2.05. The molecule has 0 aliphatic carbocycles. The van der Waals surface area contributed by atoms with Gasteiger partial charge in [-0.3, -0.25) is 9.63 Å². The smallest absolute Gasteiger partial charge is 0.421 e. The molecule has 0 aliphatic rings. The van der Waals surface area contributed by atoms with Crippen LogP contribution in [0.2, 0.25) is 0 Å². The summed E-state index contributed by atoms with van der Waals surface area (Å²) in [5.74, 6) is -0.870. The monoisotopic (exact) mass is 227 g/mol. The number of carbonyl (C=O) groups excluding carboxylic acids is 2. The van der Waals surface area contributed by atoms with Crippen LogP contribution in [0.15, 0.2) is 0 Å². The zero-order valence-electron chi connectivity index (χ0n) is 7.14. The Morgan fingerprint density at radius 2 is 2.00 bits per heavy atom. The molecule has 2 amide bonds. The van der Waals surface area contributed by atoms with E-state index in [0.717, 1.165) is 7.11 Å². The van der Waals surface area contributed by atoms with Crippen LogP contribution in [0.4, 0.5) is 4.79 Å². The van der Waals surface area contributed by atoms with E-state index in [1.54, 1.807) is 0 Å². The molecule has 4 N–H and O–H groups in total. The first kappa shape index (κ1) is 12.6. The fraction of sp³-hybridized carbons (Fsp3) is 0.500. The fourth-order valence-corrected chi connectivity index (χ4v) is 0.909. The van der Waals surface area contributed by atoms with E-state index in [-0.39, 0.29) is 0 Å². The van der Waals surface area contributed by atoms with Gasteiger partial charge in [-0.15, -0.1) is 0 Å². The van der Waals surface area contributed by atoms with Gasteiger partial charge in [-0.05, 0) is 0 Å². The highest BCUT2D eigenvalue weighted by Crippen LogP contribution is 1.80. The molecule has 10 heteroatoms. The Balaban J connectivity index is 3.96. The first-order valence-electron chi connectivity index (χ1n) is 3.15. The Bertz CT molecular complexity index is 311. The van der Waals surface area contributed by atoms with Crippen LogP contribution < -0.4 is 15.3 Å². The van der Waals surface area contributed by atoms with Gasteiger partial charge in [-0.2, -0.15) is 8.42 Å². The fourth-order valence-electron chi connectivity index (χ4n) is 0.350. The Hall–Kier alpha value is -1.39. The molecule has 0 radical (unpaired) electrons. The zero-order valence-corrected chi connectivity index (χ0v) is 7.96. The van der Waals surface area contributed by atoms with E-state index in [1.165, 1.54) is 9.61 Å². The topological polar surface area (TPSA) is 137 Å². The molecule has 0 saturated carbocycles. The Labute approximate surface area is 79.7 Å². The predicted octanol–water partition coefficient (Wildman–Crippen LogP) is -2.41. The number of nitrogens with two attached hydrogens (primary N) is 1. The second-order valence-corrected chi connectivity index (χ2v) is 3.31. The summed E-state index contributed by atoms with van der Waals surface area (Å²) in [4.78, 5) is 26.1. The first-order valence-corrected chi connectivity index (χ1v) is 4.63. The van der Waals surface area contributed by atoms with Crippen molar-refractivity contribution >= 4 is 22.2 Å². The minimum absolute atomic E-state index is 0.651. The van der Waals surface area contributed by atoms with Crippen molar-refractivity contribution in [2.24, 2.45) is 5.73 Å². The summed E-state index contributed by atoms with van der Waals surface area (Å²) in [5.41, 5.74) is 4.64. The molecule has 0 aromatic heterocycles. The van der Waals surface area contributed by atoms with Crippen LogP contribution in [0.1, 0.15) is 0 Å². The molecule has 0 fully saturated rings. The van der Waals surface area contributed by atoms with Gasteiger partial charge in [0.2, 0.25) is 5.91 Å². The van der Waals surface area contributed by atoms with Crippen molar-refractivity contribution in [3.05, 3.63) is 0 Å². The molecule has 0 heterocycles. The number of rotatable bonds is 5. The van der Waals surface area contributed by atoms with Crippen molar-refractivity contribution in [1.82, 2.24) is 9.61 Å². The van der Waals surface area contributed by atoms with Crippen LogP contribution in [0.5, 0.6) is 0 Å². The van der Waals surface area contributed by atoms with E-state index >= 15 is 0 Å². The summed E-state index contributed by atoms with van der Waals surface area (Å²) in [6, 6.07) is 0. The maximum atomic E-state index is 10.8. The maximum absolute atomic E-state index is 10.8. The predicted molar refractivity (Wildman–Crippen MR) is 42.7 cm³/mol. The third-order valence-corrected chi connectivity index (χ3v) is 1.56. The second kappa shape index (κ2) is 5.36. The van der Waals surface area contributed by atoms with Crippen molar-refractivity contribution in [2.45, 2.75) is 0 Å². The van der Waals surface area contributed by atoms with Crippen molar-refractivity contribution in [3.63, 3.8) is 0 Å². The number of ether oxygens (including phenoxy) is 1. The standard InChI is InChI=1S/C4H9N3O6S/c1-12-4(9)6-14(10,11)7-13-2-3(5)8/h7H,2H2,1H3,(H2,5,8)(H,6,9). The highest BCUT2D eigenvalue weighted by Gasteiger charge is 2.14. The Morgan fingerprint density at radius 1 is 1.43 bits per heavy atom. The van der Waals surface area contributed by atoms with Gasteiger partial charge < -0.3 is 10.5 Å². The van der Waals surface area contributed by atoms with Crippen LogP contribution in [0.25, 0.3) is 0 Å². The summed E-state index contributed by atoms with van der Waals surface area (Å²) < 4.78 is 27.0. The molecule has 0 aliphatic heterocycles. The van der Waals surface area contributed by atoms with E-state index in [2.05, 4.69) is 15.3 Å². The minimum Gasteiger partial charge on any atom is -0.452 e. The number of amides is 2. The van der Waals surface area contributed by atoms with Gasteiger partial charge in [0.25, 0.3) is 0 Å². The van der Waals surface area contributed by atoms with Crippen molar-refractivity contribution in [2.75, 3.05) is 13.7 Å². The third-order valence-electron chi connectivity index (χ3n) is 0.786. The molecule has 0 rings (SSSR count). The van der Waals surface area contributed by atoms with Gasteiger partial charge in [0.1, 0.15) is 6.61 Å². The molecular weight excluding hydrogens is 218 g/mol. The molecule has 0 bridgehead atoms. The van der Waals surface area contributed by atoms with Crippen LogP contribution in [0, 0.1) is 0 Å². The number of hydrogen-bond donors (Lipinski definition) is 3. The van der Waals surface area contributed by atoms with E-state index < -0.39 is 28.8 Å². The normalized spacial score (nSPS) is 10.6. The summed E-state index contributed by atoms with van der Waals surface area (Å²) in [7, 11) is -3.21. The number of methoxy groups -OCH3 is 1. The molecule has 0 aromatic carbocycles. The lowest BCUT2D eigenvalue weighted by molar-refractivity contribution is -0.123. The molecule has 0 unspecified atom stereocenters. The van der Waals surface area contributed by atoms with E-state index in [1.807, 2.05) is 0 Å². The maximum Gasteiger partial charge on any atom is 0.421 e. The molecule has 82 valence electrons. The van der Waals surface area contributed by atoms with Gasteiger partial charge in [0, 0.05) is 0 Å².